The minimum absolute atomic E-state index is 0.0928. The van der Waals surface area contributed by atoms with Crippen LogP contribution in [0.4, 0.5) is 5.69 Å². The van der Waals surface area contributed by atoms with E-state index in [-0.39, 0.29) is 10.8 Å². The highest BCUT2D eigenvalue weighted by Gasteiger charge is 2.20. The van der Waals surface area contributed by atoms with E-state index in [9.17, 15) is 13.2 Å². The predicted molar refractivity (Wildman–Crippen MR) is 61.6 cm³/mol. The number of hydrogen-bond acceptors (Lipinski definition) is 3. The molecule has 0 spiro atoms. The highest BCUT2D eigenvalue weighted by molar-refractivity contribution is 7.89. The number of nitrogens with zero attached hydrogens (tertiary/aromatic N) is 1. The van der Waals surface area contributed by atoms with Crippen molar-refractivity contribution in [3.63, 3.8) is 0 Å². The Morgan fingerprint density at radius 2 is 1.81 bits per heavy atom. The molecule has 1 rings (SSSR count). The lowest BCUT2D eigenvalue weighted by Crippen LogP contribution is -2.23. The van der Waals surface area contributed by atoms with Crippen molar-refractivity contribution in [2.75, 3.05) is 19.4 Å². The van der Waals surface area contributed by atoms with Crippen molar-refractivity contribution < 1.29 is 13.2 Å². The van der Waals surface area contributed by atoms with Crippen LogP contribution < -0.4 is 5.32 Å². The van der Waals surface area contributed by atoms with Crippen LogP contribution in [0.1, 0.15) is 6.92 Å². The first-order chi connectivity index (χ1) is 7.35. The Morgan fingerprint density at radius 1 is 1.25 bits per heavy atom. The van der Waals surface area contributed by atoms with E-state index in [1.165, 1.54) is 27.1 Å². The number of amides is 1. The molecule has 0 aromatic heterocycles. The van der Waals surface area contributed by atoms with Gasteiger partial charge >= 0.3 is 0 Å². The van der Waals surface area contributed by atoms with Gasteiger partial charge in [0, 0.05) is 21.0 Å². The molecule has 0 saturated heterocycles. The van der Waals surface area contributed by atoms with Crippen molar-refractivity contribution in [2.45, 2.75) is 11.8 Å². The van der Waals surface area contributed by atoms with Gasteiger partial charge in [0.05, 0.1) is 5.69 Å². The number of sulfonamides is 1. The topological polar surface area (TPSA) is 66.5 Å². The fourth-order valence-electron chi connectivity index (χ4n) is 1.18. The zero-order valence-corrected chi connectivity index (χ0v) is 10.2. The van der Waals surface area contributed by atoms with Gasteiger partial charge < -0.3 is 5.32 Å². The third kappa shape index (κ3) is 2.59. The van der Waals surface area contributed by atoms with Gasteiger partial charge in [0.1, 0.15) is 4.90 Å². The zero-order valence-electron chi connectivity index (χ0n) is 9.39. The molecule has 1 amide bonds. The molecule has 0 aliphatic rings. The van der Waals surface area contributed by atoms with Crippen molar-refractivity contribution in [1.29, 1.82) is 0 Å². The lowest BCUT2D eigenvalue weighted by atomic mass is 10.3. The molecule has 5 nitrogen and oxygen atoms in total. The molecule has 0 saturated carbocycles. The molecule has 0 fully saturated rings. The van der Waals surface area contributed by atoms with E-state index in [1.54, 1.807) is 18.2 Å². The summed E-state index contributed by atoms with van der Waals surface area (Å²) < 4.78 is 24.9. The SMILES string of the molecule is CC(=O)Nc1ccccc1S(=O)(=O)N(C)C. The zero-order chi connectivity index (χ0) is 12.3. The molecule has 16 heavy (non-hydrogen) atoms. The van der Waals surface area contributed by atoms with Crippen LogP contribution in [0.5, 0.6) is 0 Å². The van der Waals surface area contributed by atoms with Gasteiger partial charge in [0.15, 0.2) is 0 Å². The van der Waals surface area contributed by atoms with Crippen LogP contribution in [0.25, 0.3) is 0 Å². The standard InChI is InChI=1S/C10H14N2O3S/c1-8(13)11-9-6-4-5-7-10(9)16(14,15)12(2)3/h4-7H,1-3H3,(H,11,13). The van der Waals surface area contributed by atoms with Gasteiger partial charge in [0.2, 0.25) is 15.9 Å². The number of nitrogens with one attached hydrogen (secondary N) is 1. The minimum Gasteiger partial charge on any atom is -0.325 e. The number of anilines is 1. The molecule has 0 atom stereocenters. The molecular formula is C10H14N2O3S. The summed E-state index contributed by atoms with van der Waals surface area (Å²) in [6, 6.07) is 6.29. The molecule has 0 unspecified atom stereocenters. The molecule has 0 heterocycles. The lowest BCUT2D eigenvalue weighted by molar-refractivity contribution is -0.114. The molecule has 0 aliphatic heterocycles. The number of hydrogen-bond donors (Lipinski definition) is 1. The monoisotopic (exact) mass is 242 g/mol. The van der Waals surface area contributed by atoms with Gasteiger partial charge in [-0.1, -0.05) is 12.1 Å². The lowest BCUT2D eigenvalue weighted by Gasteiger charge is -2.14. The van der Waals surface area contributed by atoms with Crippen LogP contribution in [0, 0.1) is 0 Å². The van der Waals surface area contributed by atoms with Gasteiger partial charge in [-0.3, -0.25) is 4.79 Å². The smallest absolute Gasteiger partial charge is 0.244 e. The fraction of sp³-hybridized carbons (Fsp3) is 0.300. The van der Waals surface area contributed by atoms with E-state index in [1.807, 2.05) is 0 Å². The first-order valence-electron chi connectivity index (χ1n) is 4.65. The largest absolute Gasteiger partial charge is 0.325 e. The van der Waals surface area contributed by atoms with E-state index in [2.05, 4.69) is 5.32 Å². The quantitative estimate of drug-likeness (QED) is 0.856. The second kappa shape index (κ2) is 4.63. The Balaban J connectivity index is 3.29. The summed E-state index contributed by atoms with van der Waals surface area (Å²) in [5, 5.41) is 2.49. The summed E-state index contributed by atoms with van der Waals surface area (Å²) in [4.78, 5) is 11.0. The number of carbonyl (C=O) groups is 1. The van der Waals surface area contributed by atoms with Crippen molar-refractivity contribution in [3.8, 4) is 0 Å². The normalized spacial score (nSPS) is 11.5. The maximum atomic E-state index is 11.9. The first-order valence-corrected chi connectivity index (χ1v) is 6.09. The number of rotatable bonds is 3. The van der Waals surface area contributed by atoms with Crippen LogP contribution in [-0.4, -0.2) is 32.7 Å². The third-order valence-electron chi connectivity index (χ3n) is 1.96. The van der Waals surface area contributed by atoms with Crippen molar-refractivity contribution >= 4 is 21.6 Å². The van der Waals surface area contributed by atoms with E-state index < -0.39 is 10.0 Å². The number of carbonyl (C=O) groups excluding carboxylic acids is 1. The fourth-order valence-corrected chi connectivity index (χ4v) is 2.22. The first kappa shape index (κ1) is 12.7. The molecule has 0 aliphatic carbocycles. The number of para-hydroxylation sites is 1. The van der Waals surface area contributed by atoms with Crippen LogP contribution >= 0.6 is 0 Å². The van der Waals surface area contributed by atoms with Crippen LogP contribution in [-0.2, 0) is 14.8 Å². The molecule has 0 radical (unpaired) electrons. The summed E-state index contributed by atoms with van der Waals surface area (Å²) in [5.41, 5.74) is 0.295. The number of benzene rings is 1. The molecule has 88 valence electrons. The van der Waals surface area contributed by atoms with Crippen LogP contribution in [0.2, 0.25) is 0 Å². The second-order valence-corrected chi connectivity index (χ2v) is 5.59. The molecule has 1 aromatic rings. The Bertz CT molecular complexity index is 495. The van der Waals surface area contributed by atoms with Crippen LogP contribution in [0.3, 0.4) is 0 Å². The van der Waals surface area contributed by atoms with Gasteiger partial charge in [-0.25, -0.2) is 12.7 Å². The van der Waals surface area contributed by atoms with Gasteiger partial charge in [-0.2, -0.15) is 0 Å². The van der Waals surface area contributed by atoms with E-state index in [0.717, 1.165) is 4.31 Å². The summed E-state index contributed by atoms with van der Waals surface area (Å²) in [6.07, 6.45) is 0. The van der Waals surface area contributed by atoms with Crippen LogP contribution in [0.15, 0.2) is 29.2 Å². The molecule has 1 N–H and O–H groups in total. The third-order valence-corrected chi connectivity index (χ3v) is 3.83. The van der Waals surface area contributed by atoms with Gasteiger partial charge in [-0.05, 0) is 12.1 Å². The summed E-state index contributed by atoms with van der Waals surface area (Å²) in [7, 11) is -0.646. The van der Waals surface area contributed by atoms with Crippen molar-refractivity contribution in [3.05, 3.63) is 24.3 Å². The maximum Gasteiger partial charge on any atom is 0.244 e. The average molecular weight is 242 g/mol. The summed E-state index contributed by atoms with van der Waals surface area (Å²) in [5.74, 6) is -0.304. The van der Waals surface area contributed by atoms with E-state index >= 15 is 0 Å². The Kier molecular flexibility index (Phi) is 3.66. The minimum atomic E-state index is -3.53. The predicted octanol–water partition coefficient (Wildman–Crippen LogP) is 0.895. The van der Waals surface area contributed by atoms with E-state index in [4.69, 9.17) is 0 Å². The Morgan fingerprint density at radius 3 is 2.31 bits per heavy atom. The molecule has 0 bridgehead atoms. The van der Waals surface area contributed by atoms with E-state index in [0.29, 0.717) is 5.69 Å². The Hall–Kier alpha value is -1.40. The Labute approximate surface area is 95.1 Å². The van der Waals surface area contributed by atoms with Crippen molar-refractivity contribution in [2.24, 2.45) is 0 Å². The van der Waals surface area contributed by atoms with Gasteiger partial charge in [0.25, 0.3) is 0 Å². The maximum absolute atomic E-state index is 11.9. The molecule has 6 heteroatoms. The average Bonchev–Trinajstić information content (AvgIpc) is 2.17. The highest BCUT2D eigenvalue weighted by atomic mass is 32.2. The van der Waals surface area contributed by atoms with Gasteiger partial charge in [-0.15, -0.1) is 0 Å². The summed E-state index contributed by atoms with van der Waals surface area (Å²) >= 11 is 0. The second-order valence-electron chi connectivity index (χ2n) is 3.46. The molecule has 1 aromatic carbocycles. The summed E-state index contributed by atoms with van der Waals surface area (Å²) in [6.45, 7) is 1.33. The van der Waals surface area contributed by atoms with Crippen molar-refractivity contribution in [1.82, 2.24) is 4.31 Å². The highest BCUT2D eigenvalue weighted by Crippen LogP contribution is 2.22. The molecular weight excluding hydrogens is 228 g/mol.